The summed E-state index contributed by atoms with van der Waals surface area (Å²) in [5.74, 6) is -0.531. The predicted octanol–water partition coefficient (Wildman–Crippen LogP) is 2.18. The Morgan fingerprint density at radius 1 is 1.44 bits per heavy atom. The van der Waals surface area contributed by atoms with Gasteiger partial charge in [-0.25, -0.2) is 9.38 Å². The van der Waals surface area contributed by atoms with Gasteiger partial charge in [0.25, 0.3) is 5.91 Å². The maximum Gasteiger partial charge on any atom is 0.262 e. The summed E-state index contributed by atoms with van der Waals surface area (Å²) in [4.78, 5) is 15.7. The van der Waals surface area contributed by atoms with Crippen molar-refractivity contribution < 1.29 is 14.3 Å². The summed E-state index contributed by atoms with van der Waals surface area (Å²) in [6, 6.07) is 6.46. The third-order valence-electron chi connectivity index (χ3n) is 2.91. The van der Waals surface area contributed by atoms with Gasteiger partial charge >= 0.3 is 0 Å². The minimum absolute atomic E-state index is 0.0578. The van der Waals surface area contributed by atoms with Crippen molar-refractivity contribution in [1.82, 2.24) is 0 Å². The molecular formula is C13H14FNO2S. The van der Waals surface area contributed by atoms with Gasteiger partial charge in [0.2, 0.25) is 0 Å². The Kier molecular flexibility index (Phi) is 3.82. The summed E-state index contributed by atoms with van der Waals surface area (Å²) in [6.07, 6.45) is 0.685. The van der Waals surface area contributed by atoms with Crippen LogP contribution in [-0.2, 0) is 11.2 Å². The Morgan fingerprint density at radius 3 is 2.83 bits per heavy atom. The van der Waals surface area contributed by atoms with Crippen LogP contribution in [0.5, 0.6) is 0 Å². The van der Waals surface area contributed by atoms with Gasteiger partial charge in [-0.15, -0.1) is 0 Å². The lowest BCUT2D eigenvalue weighted by atomic mass is 10.1. The number of benzene rings is 1. The first-order valence-electron chi connectivity index (χ1n) is 5.70. The normalized spacial score (nSPS) is 23.3. The lowest BCUT2D eigenvalue weighted by Gasteiger charge is -2.18. The minimum atomic E-state index is -0.699. The van der Waals surface area contributed by atoms with E-state index in [0.29, 0.717) is 23.4 Å². The highest BCUT2D eigenvalue weighted by Gasteiger charge is 2.40. The minimum Gasteiger partial charge on any atom is -0.396 e. The molecule has 2 rings (SSSR count). The number of rotatable bonds is 4. The average Bonchev–Trinajstić information content (AvgIpc) is 2.58. The molecule has 18 heavy (non-hydrogen) atoms. The highest BCUT2D eigenvalue weighted by Crippen LogP contribution is 2.37. The molecule has 1 aromatic carbocycles. The molecule has 96 valence electrons. The van der Waals surface area contributed by atoms with Crippen LogP contribution in [0.4, 0.5) is 4.39 Å². The second-order valence-electron chi connectivity index (χ2n) is 4.39. The molecule has 1 atom stereocenters. The summed E-state index contributed by atoms with van der Waals surface area (Å²) >= 11 is 1.32. The third kappa shape index (κ3) is 2.62. The van der Waals surface area contributed by atoms with E-state index < -0.39 is 4.75 Å². The number of aliphatic hydroxyl groups excluding tert-OH is 1. The smallest absolute Gasteiger partial charge is 0.262 e. The summed E-state index contributed by atoms with van der Waals surface area (Å²) in [7, 11) is 0. The van der Waals surface area contributed by atoms with E-state index >= 15 is 0 Å². The molecule has 1 heterocycles. The molecule has 0 bridgehead atoms. The number of aliphatic imine (C=N–C) groups is 1. The van der Waals surface area contributed by atoms with Crippen molar-refractivity contribution in [3.05, 3.63) is 35.6 Å². The standard InChI is InChI=1S/C13H14FNO2S/c1-13(6-7-16)12(17)15-11(18-13)8-9-4-2-3-5-10(9)14/h2-5,16H,6-8H2,1H3. The lowest BCUT2D eigenvalue weighted by Crippen LogP contribution is -2.28. The molecule has 0 radical (unpaired) electrons. The molecule has 0 fully saturated rings. The van der Waals surface area contributed by atoms with Crippen molar-refractivity contribution in [2.24, 2.45) is 4.99 Å². The van der Waals surface area contributed by atoms with Crippen molar-refractivity contribution in [3.63, 3.8) is 0 Å². The number of hydrogen-bond donors (Lipinski definition) is 1. The molecule has 1 amide bonds. The van der Waals surface area contributed by atoms with Gasteiger partial charge in [0, 0.05) is 13.0 Å². The van der Waals surface area contributed by atoms with Gasteiger partial charge in [0.15, 0.2) is 0 Å². The van der Waals surface area contributed by atoms with Crippen LogP contribution in [0.1, 0.15) is 18.9 Å². The molecule has 0 aromatic heterocycles. The van der Waals surface area contributed by atoms with E-state index in [-0.39, 0.29) is 18.3 Å². The monoisotopic (exact) mass is 267 g/mol. The summed E-state index contributed by atoms with van der Waals surface area (Å²) in [5, 5.41) is 9.57. The first kappa shape index (κ1) is 13.2. The maximum absolute atomic E-state index is 13.5. The fourth-order valence-electron chi connectivity index (χ4n) is 1.81. The molecule has 1 unspecified atom stereocenters. The van der Waals surface area contributed by atoms with Gasteiger partial charge < -0.3 is 5.11 Å². The zero-order valence-corrected chi connectivity index (χ0v) is 10.8. The van der Waals surface area contributed by atoms with Crippen LogP contribution < -0.4 is 0 Å². The zero-order valence-electron chi connectivity index (χ0n) is 10.0. The van der Waals surface area contributed by atoms with Gasteiger partial charge in [0.05, 0.1) is 5.04 Å². The molecule has 3 nitrogen and oxygen atoms in total. The largest absolute Gasteiger partial charge is 0.396 e. The second kappa shape index (κ2) is 5.20. The Balaban J connectivity index is 2.12. The van der Waals surface area contributed by atoms with Crippen LogP contribution in [0.3, 0.4) is 0 Å². The Labute approximate surface area is 109 Å². The van der Waals surface area contributed by atoms with Crippen LogP contribution in [0, 0.1) is 5.82 Å². The molecule has 1 aromatic rings. The molecule has 1 N–H and O–H groups in total. The molecular weight excluding hydrogens is 253 g/mol. The average molecular weight is 267 g/mol. The van der Waals surface area contributed by atoms with Crippen LogP contribution in [-0.4, -0.2) is 27.4 Å². The van der Waals surface area contributed by atoms with E-state index in [4.69, 9.17) is 5.11 Å². The number of hydrogen-bond acceptors (Lipinski definition) is 3. The number of carbonyl (C=O) groups is 1. The van der Waals surface area contributed by atoms with Crippen molar-refractivity contribution in [1.29, 1.82) is 0 Å². The van der Waals surface area contributed by atoms with Gasteiger partial charge in [-0.3, -0.25) is 4.79 Å². The molecule has 0 aliphatic carbocycles. The number of halogens is 1. The number of thioether (sulfide) groups is 1. The van der Waals surface area contributed by atoms with E-state index in [1.807, 2.05) is 0 Å². The SMILES string of the molecule is CC1(CCO)SC(Cc2ccccc2F)=NC1=O. The van der Waals surface area contributed by atoms with E-state index in [1.165, 1.54) is 17.8 Å². The van der Waals surface area contributed by atoms with Crippen LogP contribution in [0.15, 0.2) is 29.3 Å². The number of amides is 1. The van der Waals surface area contributed by atoms with Crippen molar-refractivity contribution in [2.75, 3.05) is 6.61 Å². The fraction of sp³-hybridized carbons (Fsp3) is 0.385. The van der Waals surface area contributed by atoms with Crippen LogP contribution in [0.2, 0.25) is 0 Å². The number of nitrogens with zero attached hydrogens (tertiary/aromatic N) is 1. The first-order chi connectivity index (χ1) is 8.55. The lowest BCUT2D eigenvalue weighted by molar-refractivity contribution is -0.119. The highest BCUT2D eigenvalue weighted by molar-refractivity contribution is 8.16. The van der Waals surface area contributed by atoms with Crippen LogP contribution in [0.25, 0.3) is 0 Å². The van der Waals surface area contributed by atoms with Crippen LogP contribution >= 0.6 is 11.8 Å². The zero-order chi connectivity index (χ0) is 13.2. The summed E-state index contributed by atoms with van der Waals surface area (Å²) < 4.78 is 12.8. The topological polar surface area (TPSA) is 49.7 Å². The molecule has 1 aliphatic heterocycles. The molecule has 0 saturated carbocycles. The van der Waals surface area contributed by atoms with Gasteiger partial charge in [-0.1, -0.05) is 30.0 Å². The molecule has 5 heteroatoms. The van der Waals surface area contributed by atoms with E-state index in [2.05, 4.69) is 4.99 Å². The Hall–Kier alpha value is -1.20. The molecule has 1 aliphatic rings. The van der Waals surface area contributed by atoms with E-state index in [0.717, 1.165) is 0 Å². The Bertz CT molecular complexity index is 504. The third-order valence-corrected chi connectivity index (χ3v) is 4.21. The van der Waals surface area contributed by atoms with Gasteiger partial charge in [-0.2, -0.15) is 0 Å². The van der Waals surface area contributed by atoms with Gasteiger partial charge in [-0.05, 0) is 25.0 Å². The predicted molar refractivity (Wildman–Crippen MR) is 70.2 cm³/mol. The molecule has 0 saturated heterocycles. The molecule has 0 spiro atoms. The number of carbonyl (C=O) groups excluding carboxylic acids is 1. The quantitative estimate of drug-likeness (QED) is 0.909. The fourth-order valence-corrected chi connectivity index (χ4v) is 3.01. The maximum atomic E-state index is 13.5. The van der Waals surface area contributed by atoms with Crippen molar-refractivity contribution in [3.8, 4) is 0 Å². The number of aliphatic hydroxyl groups is 1. The van der Waals surface area contributed by atoms with Crippen molar-refractivity contribution in [2.45, 2.75) is 24.5 Å². The first-order valence-corrected chi connectivity index (χ1v) is 6.52. The summed E-state index contributed by atoms with van der Waals surface area (Å²) in [5.41, 5.74) is 0.532. The van der Waals surface area contributed by atoms with E-state index in [9.17, 15) is 9.18 Å². The van der Waals surface area contributed by atoms with E-state index in [1.54, 1.807) is 25.1 Å². The summed E-state index contributed by atoms with van der Waals surface area (Å²) in [6.45, 7) is 1.70. The second-order valence-corrected chi connectivity index (χ2v) is 5.96. The van der Waals surface area contributed by atoms with Gasteiger partial charge in [0.1, 0.15) is 10.6 Å². The van der Waals surface area contributed by atoms with Crippen molar-refractivity contribution >= 4 is 22.7 Å². The Morgan fingerprint density at radius 2 is 2.17 bits per heavy atom. The highest BCUT2D eigenvalue weighted by atomic mass is 32.2.